The Kier molecular flexibility index (Phi) is 11.0. The normalized spacial score (nSPS) is 12.3. The highest BCUT2D eigenvalue weighted by Gasteiger charge is 2.16. The molecule has 3 rings (SSSR count). The molecule has 0 radical (unpaired) electrons. The summed E-state index contributed by atoms with van der Waals surface area (Å²) in [5.74, 6) is 2.43. The predicted molar refractivity (Wildman–Crippen MR) is 158 cm³/mol. The van der Waals surface area contributed by atoms with Gasteiger partial charge < -0.3 is 29.2 Å². The zero-order valence-electron chi connectivity index (χ0n) is 23.7. The molecule has 0 aromatic heterocycles. The molecule has 3 aromatic rings. The minimum atomic E-state index is -0.164. The number of benzene rings is 3. The van der Waals surface area contributed by atoms with Crippen molar-refractivity contribution in [3.05, 3.63) is 81.9 Å². The quantitative estimate of drug-likeness (QED) is 0.231. The smallest absolute Gasteiger partial charge is 0.203 e. The number of hydrogen-bond donors (Lipinski definition) is 2. The van der Waals surface area contributed by atoms with Crippen LogP contribution in [0.1, 0.15) is 67.5 Å². The maximum Gasteiger partial charge on any atom is 0.203 e. The number of aliphatic hydroxyl groups excluding tert-OH is 2. The second kappa shape index (κ2) is 14.4. The summed E-state index contributed by atoms with van der Waals surface area (Å²) in [6, 6.07) is 15.8. The SMILES string of the molecule is CCC(C)Oc1c(OC)cc(/C=C/c2ccc(/C=C/c3cc(CO)c(OC(C)C)c(CO)c3)cc2)cc1OC. The van der Waals surface area contributed by atoms with Gasteiger partial charge in [0.1, 0.15) is 5.75 Å². The number of methoxy groups -OCH3 is 2. The summed E-state index contributed by atoms with van der Waals surface area (Å²) >= 11 is 0. The van der Waals surface area contributed by atoms with E-state index in [2.05, 4.69) is 6.92 Å². The second-order valence-corrected chi connectivity index (χ2v) is 9.58. The van der Waals surface area contributed by atoms with E-state index in [9.17, 15) is 10.2 Å². The molecule has 3 aromatic carbocycles. The average molecular weight is 533 g/mol. The maximum atomic E-state index is 9.83. The molecule has 6 heteroatoms. The Morgan fingerprint density at radius 3 is 1.46 bits per heavy atom. The van der Waals surface area contributed by atoms with Gasteiger partial charge in [-0.25, -0.2) is 0 Å². The van der Waals surface area contributed by atoms with Crippen LogP contribution in [0.5, 0.6) is 23.0 Å². The number of rotatable bonds is 13. The van der Waals surface area contributed by atoms with E-state index in [1.807, 2.05) is 93.6 Å². The maximum absolute atomic E-state index is 9.83. The molecule has 0 amide bonds. The molecule has 0 saturated heterocycles. The minimum absolute atomic E-state index is 0.0495. The summed E-state index contributed by atoms with van der Waals surface area (Å²) in [4.78, 5) is 0. The molecule has 0 bridgehead atoms. The lowest BCUT2D eigenvalue weighted by Gasteiger charge is -2.18. The average Bonchev–Trinajstić information content (AvgIpc) is 2.95. The molecule has 39 heavy (non-hydrogen) atoms. The molecule has 0 aliphatic rings. The lowest BCUT2D eigenvalue weighted by atomic mass is 10.0. The molecule has 2 N–H and O–H groups in total. The summed E-state index contributed by atoms with van der Waals surface area (Å²) in [6.45, 7) is 7.60. The highest BCUT2D eigenvalue weighted by atomic mass is 16.5. The summed E-state index contributed by atoms with van der Waals surface area (Å²) in [5, 5.41) is 19.7. The molecule has 0 saturated carbocycles. The van der Waals surface area contributed by atoms with Gasteiger partial charge >= 0.3 is 0 Å². The van der Waals surface area contributed by atoms with E-state index >= 15 is 0 Å². The molecule has 6 nitrogen and oxygen atoms in total. The van der Waals surface area contributed by atoms with Crippen molar-refractivity contribution in [3.63, 3.8) is 0 Å². The Balaban J connectivity index is 1.77. The third kappa shape index (κ3) is 8.12. The van der Waals surface area contributed by atoms with Crippen molar-refractivity contribution in [3.8, 4) is 23.0 Å². The van der Waals surface area contributed by atoms with Gasteiger partial charge in [-0.1, -0.05) is 55.5 Å². The van der Waals surface area contributed by atoms with Crippen LogP contribution in [-0.2, 0) is 13.2 Å². The van der Waals surface area contributed by atoms with Crippen molar-refractivity contribution < 1.29 is 29.2 Å². The van der Waals surface area contributed by atoms with Crippen molar-refractivity contribution in [2.75, 3.05) is 14.2 Å². The van der Waals surface area contributed by atoms with Gasteiger partial charge in [-0.05, 0) is 73.7 Å². The van der Waals surface area contributed by atoms with E-state index in [1.54, 1.807) is 14.2 Å². The van der Waals surface area contributed by atoms with Crippen LogP contribution >= 0.6 is 0 Å². The molecule has 0 fully saturated rings. The van der Waals surface area contributed by atoms with E-state index in [-0.39, 0.29) is 25.4 Å². The zero-order chi connectivity index (χ0) is 28.4. The van der Waals surface area contributed by atoms with Crippen molar-refractivity contribution in [1.29, 1.82) is 0 Å². The first kappa shape index (κ1) is 29.8. The Morgan fingerprint density at radius 1 is 0.641 bits per heavy atom. The molecular weight excluding hydrogens is 492 g/mol. The fourth-order valence-corrected chi connectivity index (χ4v) is 4.00. The zero-order valence-corrected chi connectivity index (χ0v) is 23.7. The van der Waals surface area contributed by atoms with E-state index in [1.165, 1.54) is 0 Å². The summed E-state index contributed by atoms with van der Waals surface area (Å²) in [7, 11) is 3.25. The van der Waals surface area contributed by atoms with Crippen LogP contribution in [-0.4, -0.2) is 36.6 Å². The lowest BCUT2D eigenvalue weighted by molar-refractivity contribution is 0.198. The lowest BCUT2D eigenvalue weighted by Crippen LogP contribution is -2.11. The van der Waals surface area contributed by atoms with Crippen LogP contribution < -0.4 is 18.9 Å². The van der Waals surface area contributed by atoms with Crippen LogP contribution in [0.3, 0.4) is 0 Å². The monoisotopic (exact) mass is 532 g/mol. The van der Waals surface area contributed by atoms with Crippen LogP contribution in [0.4, 0.5) is 0 Å². The molecule has 208 valence electrons. The molecule has 1 atom stereocenters. The molecule has 0 heterocycles. The Bertz CT molecular complexity index is 1220. The van der Waals surface area contributed by atoms with Gasteiger partial charge in [-0.15, -0.1) is 0 Å². The Hall–Kier alpha value is -3.74. The minimum Gasteiger partial charge on any atom is -0.493 e. The van der Waals surface area contributed by atoms with E-state index in [0.29, 0.717) is 34.1 Å². The van der Waals surface area contributed by atoms with Crippen molar-refractivity contribution in [2.24, 2.45) is 0 Å². The highest BCUT2D eigenvalue weighted by Crippen LogP contribution is 2.40. The Morgan fingerprint density at radius 2 is 1.08 bits per heavy atom. The summed E-state index contributed by atoms with van der Waals surface area (Å²) < 4.78 is 23.0. The molecule has 0 aliphatic heterocycles. The topological polar surface area (TPSA) is 77.4 Å². The van der Waals surface area contributed by atoms with E-state index in [4.69, 9.17) is 18.9 Å². The van der Waals surface area contributed by atoms with Gasteiger partial charge in [0.25, 0.3) is 0 Å². The molecule has 1 unspecified atom stereocenters. The van der Waals surface area contributed by atoms with Crippen LogP contribution in [0, 0.1) is 0 Å². The van der Waals surface area contributed by atoms with Gasteiger partial charge in [0, 0.05) is 11.1 Å². The molecule has 0 aliphatic carbocycles. The molecule has 0 spiro atoms. The number of hydrogen-bond acceptors (Lipinski definition) is 6. The first-order valence-electron chi connectivity index (χ1n) is 13.2. The van der Waals surface area contributed by atoms with Crippen molar-refractivity contribution in [2.45, 2.75) is 59.5 Å². The number of ether oxygens (including phenoxy) is 4. The number of aliphatic hydroxyl groups is 2. The van der Waals surface area contributed by atoms with Gasteiger partial charge in [0.15, 0.2) is 11.5 Å². The van der Waals surface area contributed by atoms with Gasteiger partial charge in [-0.3, -0.25) is 0 Å². The summed E-state index contributed by atoms with van der Waals surface area (Å²) in [5.41, 5.74) is 5.21. The second-order valence-electron chi connectivity index (χ2n) is 9.58. The van der Waals surface area contributed by atoms with Crippen LogP contribution in [0.25, 0.3) is 24.3 Å². The van der Waals surface area contributed by atoms with E-state index in [0.717, 1.165) is 28.7 Å². The van der Waals surface area contributed by atoms with E-state index < -0.39 is 0 Å². The first-order valence-corrected chi connectivity index (χ1v) is 13.2. The highest BCUT2D eigenvalue weighted by molar-refractivity contribution is 5.75. The van der Waals surface area contributed by atoms with Gasteiger partial charge in [0.2, 0.25) is 5.75 Å². The van der Waals surface area contributed by atoms with Gasteiger partial charge in [0.05, 0.1) is 39.6 Å². The van der Waals surface area contributed by atoms with Crippen LogP contribution in [0.15, 0.2) is 48.5 Å². The third-order valence-electron chi connectivity index (χ3n) is 6.21. The van der Waals surface area contributed by atoms with Crippen molar-refractivity contribution in [1.82, 2.24) is 0 Å². The predicted octanol–water partition coefficient (Wildman–Crippen LogP) is 6.99. The van der Waals surface area contributed by atoms with Crippen molar-refractivity contribution >= 4 is 24.3 Å². The third-order valence-corrected chi connectivity index (χ3v) is 6.21. The summed E-state index contributed by atoms with van der Waals surface area (Å²) in [6.07, 6.45) is 8.88. The Labute approximate surface area is 232 Å². The van der Waals surface area contributed by atoms with Gasteiger partial charge in [-0.2, -0.15) is 0 Å². The fraction of sp³-hybridized carbons (Fsp3) is 0.333. The molecular formula is C33H40O6. The fourth-order valence-electron chi connectivity index (χ4n) is 4.00. The first-order chi connectivity index (χ1) is 18.8. The van der Waals surface area contributed by atoms with Crippen LogP contribution in [0.2, 0.25) is 0 Å². The standard InChI is InChI=1S/C33H40O6/c1-7-23(4)39-33-30(36-5)18-27(19-31(33)37-6)15-13-25-10-8-24(9-11-25)12-14-26-16-28(20-34)32(38-22(2)3)29(17-26)21-35/h8-19,22-23,34-35H,7,20-21H2,1-6H3/b14-12+,15-13+. The largest absolute Gasteiger partial charge is 0.493 e.